The number of amides is 1. The first-order valence-electron chi connectivity index (χ1n) is 9.28. The van der Waals surface area contributed by atoms with Crippen molar-refractivity contribution >= 4 is 17.5 Å². The van der Waals surface area contributed by atoms with Crippen LogP contribution < -0.4 is 0 Å². The van der Waals surface area contributed by atoms with Gasteiger partial charge in [-0.3, -0.25) is 9.69 Å². The van der Waals surface area contributed by atoms with Crippen LogP contribution in [0.15, 0.2) is 54.6 Å². The maximum Gasteiger partial charge on any atom is 0.421 e. The topological polar surface area (TPSA) is 43.8 Å². The van der Waals surface area contributed by atoms with Crippen molar-refractivity contribution in [2.75, 3.05) is 26.2 Å². The van der Waals surface area contributed by atoms with Gasteiger partial charge in [-0.1, -0.05) is 54.1 Å². The molecule has 1 amide bonds. The lowest BCUT2D eigenvalue weighted by Gasteiger charge is -2.37. The molecule has 156 valence electrons. The minimum Gasteiger partial charge on any atom is -0.376 e. The van der Waals surface area contributed by atoms with E-state index in [-0.39, 0.29) is 5.56 Å². The molecule has 1 N–H and O–H groups in total. The van der Waals surface area contributed by atoms with E-state index >= 15 is 0 Å². The molecule has 1 aliphatic rings. The summed E-state index contributed by atoms with van der Waals surface area (Å²) in [4.78, 5) is 16.1. The Morgan fingerprint density at radius 2 is 1.55 bits per heavy atom. The fraction of sp³-hybridized carbons (Fsp3) is 0.381. The summed E-state index contributed by atoms with van der Waals surface area (Å²) < 4.78 is 40.8. The molecule has 1 heterocycles. The maximum atomic E-state index is 13.6. The Balaban J connectivity index is 1.61. The zero-order valence-corrected chi connectivity index (χ0v) is 16.5. The predicted molar refractivity (Wildman–Crippen MR) is 104 cm³/mol. The molecule has 0 spiro atoms. The van der Waals surface area contributed by atoms with Gasteiger partial charge in [0, 0.05) is 37.7 Å². The third kappa shape index (κ3) is 5.10. The third-order valence-corrected chi connectivity index (χ3v) is 5.42. The normalized spacial score (nSPS) is 17.8. The molecule has 0 aliphatic carbocycles. The van der Waals surface area contributed by atoms with Crippen LogP contribution >= 0.6 is 11.6 Å². The van der Waals surface area contributed by atoms with Gasteiger partial charge >= 0.3 is 6.18 Å². The summed E-state index contributed by atoms with van der Waals surface area (Å²) in [5.41, 5.74) is -2.46. The first-order valence-corrected chi connectivity index (χ1v) is 9.66. The molecule has 0 bridgehead atoms. The van der Waals surface area contributed by atoms with Crippen molar-refractivity contribution in [3.8, 4) is 0 Å². The number of halogens is 4. The largest absolute Gasteiger partial charge is 0.421 e. The predicted octanol–water partition coefficient (Wildman–Crippen LogP) is 3.82. The SMILES string of the molecule is O=C(C[C@](O)(c1ccccc1)C(F)(F)F)N1CCN(Cc2ccc(Cl)cc2)CC1. The molecule has 2 aromatic carbocycles. The highest BCUT2D eigenvalue weighted by molar-refractivity contribution is 6.30. The molecule has 4 nitrogen and oxygen atoms in total. The highest BCUT2D eigenvalue weighted by Gasteiger charge is 2.56. The second-order valence-electron chi connectivity index (χ2n) is 7.18. The minimum atomic E-state index is -4.96. The van der Waals surface area contributed by atoms with Crippen molar-refractivity contribution in [2.45, 2.75) is 24.7 Å². The lowest BCUT2D eigenvalue weighted by molar-refractivity contribution is -0.268. The summed E-state index contributed by atoms with van der Waals surface area (Å²) >= 11 is 5.88. The van der Waals surface area contributed by atoms with Crippen molar-refractivity contribution in [3.05, 3.63) is 70.7 Å². The molecule has 29 heavy (non-hydrogen) atoms. The second-order valence-corrected chi connectivity index (χ2v) is 7.62. The Morgan fingerprint density at radius 1 is 0.966 bits per heavy atom. The highest BCUT2D eigenvalue weighted by atomic mass is 35.5. The van der Waals surface area contributed by atoms with Crippen molar-refractivity contribution in [2.24, 2.45) is 0 Å². The molecule has 1 aliphatic heterocycles. The van der Waals surface area contributed by atoms with E-state index in [0.29, 0.717) is 37.7 Å². The number of hydrogen-bond acceptors (Lipinski definition) is 3. The number of alkyl halides is 3. The molecule has 0 unspecified atom stereocenters. The van der Waals surface area contributed by atoms with E-state index in [1.807, 2.05) is 12.1 Å². The van der Waals surface area contributed by atoms with Gasteiger partial charge in [0.15, 0.2) is 5.60 Å². The van der Waals surface area contributed by atoms with Gasteiger partial charge in [-0.15, -0.1) is 0 Å². The van der Waals surface area contributed by atoms with E-state index in [1.165, 1.54) is 29.2 Å². The molecule has 0 saturated carbocycles. The molecule has 2 aromatic rings. The van der Waals surface area contributed by atoms with Gasteiger partial charge < -0.3 is 10.0 Å². The van der Waals surface area contributed by atoms with Crippen LogP contribution in [-0.2, 0) is 16.9 Å². The molecule has 1 fully saturated rings. The fourth-order valence-corrected chi connectivity index (χ4v) is 3.54. The molecular weight excluding hydrogens is 405 g/mol. The number of aliphatic hydroxyl groups is 1. The van der Waals surface area contributed by atoms with Crippen LogP contribution in [0.25, 0.3) is 0 Å². The van der Waals surface area contributed by atoms with Crippen LogP contribution in [0.5, 0.6) is 0 Å². The summed E-state index contributed by atoms with van der Waals surface area (Å²) in [7, 11) is 0. The Hall–Kier alpha value is -2.09. The molecule has 0 radical (unpaired) electrons. The quantitative estimate of drug-likeness (QED) is 0.790. The van der Waals surface area contributed by atoms with Crippen LogP contribution in [0, 0.1) is 0 Å². The molecule has 0 aromatic heterocycles. The monoisotopic (exact) mass is 426 g/mol. The van der Waals surface area contributed by atoms with E-state index in [2.05, 4.69) is 4.90 Å². The number of benzene rings is 2. The van der Waals surface area contributed by atoms with Gasteiger partial charge in [0.05, 0.1) is 6.42 Å². The summed E-state index contributed by atoms with van der Waals surface area (Å²) in [6.45, 7) is 2.40. The number of hydrogen-bond donors (Lipinski definition) is 1. The number of carbonyl (C=O) groups excluding carboxylic acids is 1. The highest BCUT2D eigenvalue weighted by Crippen LogP contribution is 2.42. The molecule has 8 heteroatoms. The number of nitrogens with zero attached hydrogens (tertiary/aromatic N) is 2. The van der Waals surface area contributed by atoms with Gasteiger partial charge in [-0.05, 0) is 23.3 Å². The van der Waals surface area contributed by atoms with Crippen molar-refractivity contribution < 1.29 is 23.1 Å². The van der Waals surface area contributed by atoms with E-state index in [9.17, 15) is 23.1 Å². The van der Waals surface area contributed by atoms with E-state index in [0.717, 1.165) is 5.56 Å². The smallest absolute Gasteiger partial charge is 0.376 e. The van der Waals surface area contributed by atoms with Crippen molar-refractivity contribution in [1.82, 2.24) is 9.80 Å². The number of rotatable bonds is 5. The average molecular weight is 427 g/mol. The zero-order chi connectivity index (χ0) is 21.1. The first-order chi connectivity index (χ1) is 13.7. The average Bonchev–Trinajstić information content (AvgIpc) is 2.70. The lowest BCUT2D eigenvalue weighted by Crippen LogP contribution is -2.52. The van der Waals surface area contributed by atoms with Crippen molar-refractivity contribution in [3.63, 3.8) is 0 Å². The fourth-order valence-electron chi connectivity index (χ4n) is 3.41. The van der Waals surface area contributed by atoms with E-state index in [4.69, 9.17) is 11.6 Å². The lowest BCUT2D eigenvalue weighted by atomic mass is 9.89. The number of carbonyl (C=O) groups is 1. The summed E-state index contributed by atoms with van der Waals surface area (Å²) in [5, 5.41) is 11.0. The number of piperazine rings is 1. The van der Waals surface area contributed by atoms with Gasteiger partial charge in [0.2, 0.25) is 5.91 Å². The first kappa shape index (κ1) is 21.6. The van der Waals surface area contributed by atoms with Crippen LogP contribution in [0.4, 0.5) is 13.2 Å². The van der Waals surface area contributed by atoms with Crippen molar-refractivity contribution in [1.29, 1.82) is 0 Å². The summed E-state index contributed by atoms with van der Waals surface area (Å²) in [6.07, 6.45) is -5.99. The second kappa shape index (κ2) is 8.73. The molecule has 3 rings (SSSR count). The Kier molecular flexibility index (Phi) is 6.51. The molecular formula is C21H22ClF3N2O2. The van der Waals surface area contributed by atoms with Crippen LogP contribution in [0.1, 0.15) is 17.5 Å². The van der Waals surface area contributed by atoms with Gasteiger partial charge in [-0.2, -0.15) is 13.2 Å². The Morgan fingerprint density at radius 3 is 2.10 bits per heavy atom. The van der Waals surface area contributed by atoms with Crippen LogP contribution in [-0.4, -0.2) is 53.2 Å². The van der Waals surface area contributed by atoms with Gasteiger partial charge in [0.1, 0.15) is 0 Å². The Labute approximate surface area is 172 Å². The van der Waals surface area contributed by atoms with E-state index in [1.54, 1.807) is 18.2 Å². The molecule has 1 saturated heterocycles. The van der Waals surface area contributed by atoms with Gasteiger partial charge in [-0.25, -0.2) is 0 Å². The maximum absolute atomic E-state index is 13.6. The third-order valence-electron chi connectivity index (χ3n) is 5.17. The van der Waals surface area contributed by atoms with Crippen LogP contribution in [0.2, 0.25) is 5.02 Å². The van der Waals surface area contributed by atoms with Crippen LogP contribution in [0.3, 0.4) is 0 Å². The minimum absolute atomic E-state index is 0.315. The summed E-state index contributed by atoms with van der Waals surface area (Å²) in [5.74, 6) is -0.708. The summed E-state index contributed by atoms with van der Waals surface area (Å²) in [6, 6.07) is 14.2. The van der Waals surface area contributed by atoms with E-state index < -0.39 is 24.1 Å². The van der Waals surface area contributed by atoms with Gasteiger partial charge in [0.25, 0.3) is 0 Å². The Bertz CT molecular complexity index is 822. The standard InChI is InChI=1S/C21H22ClF3N2O2/c22-18-8-6-16(7-9-18)15-26-10-12-27(13-11-26)19(28)14-20(29,21(23,24)25)17-4-2-1-3-5-17/h1-9,29H,10-15H2/t20-/m0/s1. The molecule has 1 atom stereocenters. The zero-order valence-electron chi connectivity index (χ0n) is 15.7.